The minimum Gasteiger partial charge on any atom is -0.337 e. The van der Waals surface area contributed by atoms with Crippen molar-refractivity contribution in [1.29, 1.82) is 0 Å². The molecule has 0 N–H and O–H groups in total. The maximum absolute atomic E-state index is 11.4. The van der Waals surface area contributed by atoms with Gasteiger partial charge in [0.05, 0.1) is 6.54 Å². The first kappa shape index (κ1) is 10.1. The highest BCUT2D eigenvalue weighted by atomic mass is 16.5. The molecule has 5 nitrogen and oxygen atoms in total. The zero-order chi connectivity index (χ0) is 10.8. The van der Waals surface area contributed by atoms with E-state index in [-0.39, 0.29) is 11.8 Å². The summed E-state index contributed by atoms with van der Waals surface area (Å²) in [6, 6.07) is 0. The van der Waals surface area contributed by atoms with Crippen LogP contribution in [0.3, 0.4) is 0 Å². The summed E-state index contributed by atoms with van der Waals surface area (Å²) < 4.78 is 5.08. The molecule has 1 aliphatic heterocycles. The average molecular weight is 209 g/mol. The van der Waals surface area contributed by atoms with Crippen LogP contribution in [0.2, 0.25) is 0 Å². The van der Waals surface area contributed by atoms with E-state index in [0.717, 1.165) is 13.0 Å². The number of hydrogen-bond donors (Lipinski definition) is 0. The van der Waals surface area contributed by atoms with Crippen LogP contribution >= 0.6 is 0 Å². The zero-order valence-electron chi connectivity index (χ0n) is 9.06. The highest BCUT2D eigenvalue weighted by Gasteiger charge is 2.22. The summed E-state index contributed by atoms with van der Waals surface area (Å²) in [5, 5.41) is 3.86. The molecule has 5 heteroatoms. The van der Waals surface area contributed by atoms with Gasteiger partial charge in [0.1, 0.15) is 0 Å². The van der Waals surface area contributed by atoms with E-state index in [9.17, 15) is 4.79 Å². The Morgan fingerprint density at radius 3 is 2.87 bits per heavy atom. The monoisotopic (exact) mass is 209 g/mol. The Morgan fingerprint density at radius 1 is 1.53 bits per heavy atom. The minimum absolute atomic E-state index is 0.180. The van der Waals surface area contributed by atoms with Gasteiger partial charge in [-0.2, -0.15) is 4.98 Å². The number of likely N-dealkylation sites (tertiary alicyclic amines) is 1. The molecule has 0 bridgehead atoms. The van der Waals surface area contributed by atoms with Gasteiger partial charge in [-0.25, -0.2) is 0 Å². The Balaban J connectivity index is 2.01. The summed E-state index contributed by atoms with van der Waals surface area (Å²) >= 11 is 0. The molecule has 0 unspecified atom stereocenters. The van der Waals surface area contributed by atoms with Crippen molar-refractivity contribution in [2.75, 3.05) is 6.54 Å². The van der Waals surface area contributed by atoms with Crippen LogP contribution in [0.4, 0.5) is 0 Å². The van der Waals surface area contributed by atoms with Crippen LogP contribution in [0.1, 0.15) is 44.3 Å². The van der Waals surface area contributed by atoms with Crippen molar-refractivity contribution < 1.29 is 9.32 Å². The molecule has 2 rings (SSSR count). The van der Waals surface area contributed by atoms with E-state index in [4.69, 9.17) is 4.52 Å². The van der Waals surface area contributed by atoms with Crippen molar-refractivity contribution in [3.8, 4) is 0 Å². The SMILES string of the molecule is CC(C)c1noc(CN2CCCC2=O)n1. The molecule has 1 amide bonds. The van der Waals surface area contributed by atoms with Gasteiger partial charge in [-0.05, 0) is 6.42 Å². The van der Waals surface area contributed by atoms with Gasteiger partial charge in [0.25, 0.3) is 0 Å². The highest BCUT2D eigenvalue weighted by molar-refractivity contribution is 5.77. The summed E-state index contributed by atoms with van der Waals surface area (Å²) in [5.41, 5.74) is 0. The Hall–Kier alpha value is -1.39. The molecule has 1 saturated heterocycles. The van der Waals surface area contributed by atoms with Crippen molar-refractivity contribution in [2.24, 2.45) is 0 Å². The van der Waals surface area contributed by atoms with E-state index in [1.807, 2.05) is 13.8 Å². The molecule has 0 radical (unpaired) electrons. The fourth-order valence-corrected chi connectivity index (χ4v) is 1.60. The summed E-state index contributed by atoms with van der Waals surface area (Å²) in [6.45, 7) is 5.28. The van der Waals surface area contributed by atoms with Crippen molar-refractivity contribution >= 4 is 5.91 Å². The fraction of sp³-hybridized carbons (Fsp3) is 0.700. The van der Waals surface area contributed by atoms with E-state index < -0.39 is 0 Å². The first-order valence-corrected chi connectivity index (χ1v) is 5.27. The summed E-state index contributed by atoms with van der Waals surface area (Å²) in [4.78, 5) is 17.4. The Bertz CT molecular complexity index is 359. The maximum Gasteiger partial charge on any atom is 0.246 e. The Labute approximate surface area is 88.5 Å². The first-order chi connectivity index (χ1) is 7.16. The average Bonchev–Trinajstić information content (AvgIpc) is 2.77. The van der Waals surface area contributed by atoms with Crippen LogP contribution in [0, 0.1) is 0 Å². The largest absolute Gasteiger partial charge is 0.337 e. The van der Waals surface area contributed by atoms with E-state index in [1.165, 1.54) is 0 Å². The quantitative estimate of drug-likeness (QED) is 0.753. The molecular weight excluding hydrogens is 194 g/mol. The third-order valence-corrected chi connectivity index (χ3v) is 2.50. The molecule has 1 fully saturated rings. The van der Waals surface area contributed by atoms with Gasteiger partial charge in [0.15, 0.2) is 5.82 Å². The molecule has 15 heavy (non-hydrogen) atoms. The van der Waals surface area contributed by atoms with Crippen LogP contribution in [0.5, 0.6) is 0 Å². The number of aromatic nitrogens is 2. The van der Waals surface area contributed by atoms with Gasteiger partial charge >= 0.3 is 0 Å². The standard InChI is InChI=1S/C10H15N3O2/c1-7(2)10-11-8(15-12-10)6-13-5-3-4-9(13)14/h7H,3-6H2,1-2H3. The normalized spacial score (nSPS) is 16.7. The highest BCUT2D eigenvalue weighted by Crippen LogP contribution is 2.15. The molecule has 0 saturated carbocycles. The van der Waals surface area contributed by atoms with Crippen molar-refractivity contribution in [3.05, 3.63) is 11.7 Å². The smallest absolute Gasteiger partial charge is 0.246 e. The van der Waals surface area contributed by atoms with Crippen LogP contribution in [-0.4, -0.2) is 27.5 Å². The molecule has 2 heterocycles. The molecular formula is C10H15N3O2. The molecule has 1 aromatic heterocycles. The lowest BCUT2D eigenvalue weighted by Gasteiger charge is -2.11. The maximum atomic E-state index is 11.4. The van der Waals surface area contributed by atoms with Crippen molar-refractivity contribution in [2.45, 2.75) is 39.2 Å². The number of carbonyl (C=O) groups is 1. The van der Waals surface area contributed by atoms with Crippen molar-refractivity contribution in [1.82, 2.24) is 15.0 Å². The molecule has 0 spiro atoms. The van der Waals surface area contributed by atoms with E-state index in [1.54, 1.807) is 4.90 Å². The number of amides is 1. The Kier molecular flexibility index (Phi) is 2.70. The second kappa shape index (κ2) is 4.00. The number of rotatable bonds is 3. The third kappa shape index (κ3) is 2.16. The Morgan fingerprint density at radius 2 is 2.33 bits per heavy atom. The van der Waals surface area contributed by atoms with E-state index >= 15 is 0 Å². The molecule has 0 atom stereocenters. The molecule has 1 aliphatic rings. The van der Waals surface area contributed by atoms with Gasteiger partial charge in [-0.3, -0.25) is 4.79 Å². The first-order valence-electron chi connectivity index (χ1n) is 5.27. The fourth-order valence-electron chi connectivity index (χ4n) is 1.60. The molecule has 82 valence electrons. The predicted molar refractivity (Wildman–Crippen MR) is 53.0 cm³/mol. The van der Waals surface area contributed by atoms with Gasteiger partial charge in [0, 0.05) is 18.9 Å². The third-order valence-electron chi connectivity index (χ3n) is 2.50. The molecule has 1 aromatic rings. The van der Waals surface area contributed by atoms with Gasteiger partial charge in [-0.1, -0.05) is 19.0 Å². The molecule has 0 aromatic carbocycles. The van der Waals surface area contributed by atoms with E-state index in [2.05, 4.69) is 10.1 Å². The minimum atomic E-state index is 0.180. The zero-order valence-corrected chi connectivity index (χ0v) is 9.06. The van der Waals surface area contributed by atoms with E-state index in [0.29, 0.717) is 24.7 Å². The second-order valence-corrected chi connectivity index (χ2v) is 4.12. The van der Waals surface area contributed by atoms with Crippen LogP contribution in [0.25, 0.3) is 0 Å². The summed E-state index contributed by atoms with van der Waals surface area (Å²) in [5.74, 6) is 1.68. The lowest BCUT2D eigenvalue weighted by atomic mass is 10.2. The van der Waals surface area contributed by atoms with Gasteiger partial charge < -0.3 is 9.42 Å². The number of nitrogens with zero attached hydrogens (tertiary/aromatic N) is 3. The number of carbonyl (C=O) groups excluding carboxylic acids is 1. The number of hydrogen-bond acceptors (Lipinski definition) is 4. The molecule has 0 aliphatic carbocycles. The summed E-state index contributed by atoms with van der Waals surface area (Å²) in [7, 11) is 0. The summed E-state index contributed by atoms with van der Waals surface area (Å²) in [6.07, 6.45) is 1.58. The van der Waals surface area contributed by atoms with Crippen molar-refractivity contribution in [3.63, 3.8) is 0 Å². The topological polar surface area (TPSA) is 59.2 Å². The lowest BCUT2D eigenvalue weighted by Crippen LogP contribution is -2.23. The van der Waals surface area contributed by atoms with Crippen LogP contribution < -0.4 is 0 Å². The predicted octanol–water partition coefficient (Wildman–Crippen LogP) is 1.32. The van der Waals surface area contributed by atoms with Crippen LogP contribution in [-0.2, 0) is 11.3 Å². The second-order valence-electron chi connectivity index (χ2n) is 4.12. The van der Waals surface area contributed by atoms with Crippen LogP contribution in [0.15, 0.2) is 4.52 Å². The lowest BCUT2D eigenvalue weighted by molar-refractivity contribution is -0.128. The van der Waals surface area contributed by atoms with Gasteiger partial charge in [0.2, 0.25) is 11.8 Å². The van der Waals surface area contributed by atoms with Gasteiger partial charge in [-0.15, -0.1) is 0 Å².